The number of hydrogen-bond donors (Lipinski definition) is 0. The second kappa shape index (κ2) is 5.86. The summed E-state index contributed by atoms with van der Waals surface area (Å²) in [7, 11) is 3.17. The maximum atomic E-state index is 13.8. The summed E-state index contributed by atoms with van der Waals surface area (Å²) in [6, 6.07) is 2.31. The molecule has 23 heavy (non-hydrogen) atoms. The molecule has 0 radical (unpaired) electrons. The number of ether oxygens (including phenoxy) is 1. The molecule has 1 aliphatic rings. The van der Waals surface area contributed by atoms with Gasteiger partial charge in [-0.1, -0.05) is 0 Å². The fourth-order valence-corrected chi connectivity index (χ4v) is 3.08. The minimum absolute atomic E-state index is 0.00226. The molecule has 1 fully saturated rings. The van der Waals surface area contributed by atoms with Crippen molar-refractivity contribution in [2.45, 2.75) is 18.9 Å². The van der Waals surface area contributed by atoms with E-state index in [9.17, 15) is 14.5 Å². The molecule has 1 atom stereocenters. The van der Waals surface area contributed by atoms with E-state index in [-0.39, 0.29) is 17.5 Å². The molecular weight excluding hydrogens is 303 g/mol. The highest BCUT2D eigenvalue weighted by Gasteiger charge is 2.32. The highest BCUT2D eigenvalue weighted by Crippen LogP contribution is 2.42. The number of aryl methyl sites for hydroxylation is 1. The summed E-state index contributed by atoms with van der Waals surface area (Å²) in [5.74, 6) is -0.734. The molecule has 0 spiro atoms. The zero-order valence-electron chi connectivity index (χ0n) is 12.9. The number of nitro groups is 1. The predicted octanol–water partition coefficient (Wildman–Crippen LogP) is 2.82. The van der Waals surface area contributed by atoms with Crippen LogP contribution in [0.25, 0.3) is 0 Å². The van der Waals surface area contributed by atoms with Gasteiger partial charge in [-0.25, -0.2) is 4.39 Å². The average Bonchev–Trinajstić information content (AvgIpc) is 3.15. The van der Waals surface area contributed by atoms with Crippen LogP contribution in [0.1, 0.15) is 24.4 Å². The van der Waals surface area contributed by atoms with Gasteiger partial charge in [0.15, 0.2) is 11.6 Å². The molecule has 122 valence electrons. The first-order chi connectivity index (χ1) is 11.0. The molecule has 8 heteroatoms. The first-order valence-electron chi connectivity index (χ1n) is 7.28. The van der Waals surface area contributed by atoms with Crippen molar-refractivity contribution in [1.82, 2.24) is 9.78 Å². The molecular formula is C15H17FN4O3. The zero-order valence-corrected chi connectivity index (χ0v) is 12.9. The molecule has 1 aromatic carbocycles. The first kappa shape index (κ1) is 15.3. The molecule has 1 unspecified atom stereocenters. The number of anilines is 1. The van der Waals surface area contributed by atoms with Crippen LogP contribution in [-0.4, -0.2) is 28.4 Å². The van der Waals surface area contributed by atoms with Crippen molar-refractivity contribution in [1.29, 1.82) is 0 Å². The van der Waals surface area contributed by atoms with Gasteiger partial charge in [0.1, 0.15) is 5.69 Å². The molecule has 2 aromatic rings. The van der Waals surface area contributed by atoms with E-state index in [0.29, 0.717) is 12.2 Å². The maximum Gasteiger partial charge on any atom is 0.295 e. The molecule has 0 aliphatic carbocycles. The molecule has 7 nitrogen and oxygen atoms in total. The van der Waals surface area contributed by atoms with E-state index >= 15 is 0 Å². The standard InChI is InChI=1S/C15H17FN4O3/c1-18-9-10(8-17-18)12-4-3-5-19(12)13-7-15(23-2)11(16)6-14(13)20(21)22/h6-9,12H,3-5H2,1-2H3. The molecule has 1 aliphatic heterocycles. The Morgan fingerprint density at radius 1 is 1.48 bits per heavy atom. The Morgan fingerprint density at radius 2 is 2.26 bits per heavy atom. The summed E-state index contributed by atoms with van der Waals surface area (Å²) in [6.07, 6.45) is 5.42. The molecule has 0 bridgehead atoms. The van der Waals surface area contributed by atoms with Gasteiger partial charge in [0.05, 0.1) is 30.3 Å². The van der Waals surface area contributed by atoms with Gasteiger partial charge in [0, 0.05) is 31.4 Å². The largest absolute Gasteiger partial charge is 0.494 e. The van der Waals surface area contributed by atoms with E-state index in [0.717, 1.165) is 24.5 Å². The van der Waals surface area contributed by atoms with Crippen LogP contribution in [0.2, 0.25) is 0 Å². The van der Waals surface area contributed by atoms with Gasteiger partial charge < -0.3 is 9.64 Å². The van der Waals surface area contributed by atoms with Crippen LogP contribution in [0.15, 0.2) is 24.5 Å². The highest BCUT2D eigenvalue weighted by molar-refractivity contribution is 5.67. The SMILES string of the molecule is COc1cc(N2CCCC2c2cnn(C)c2)c([N+](=O)[O-])cc1F. The third-order valence-corrected chi connectivity index (χ3v) is 4.12. The fourth-order valence-electron chi connectivity index (χ4n) is 3.08. The van der Waals surface area contributed by atoms with Crippen molar-refractivity contribution >= 4 is 11.4 Å². The van der Waals surface area contributed by atoms with E-state index in [1.807, 2.05) is 18.1 Å². The van der Waals surface area contributed by atoms with Crippen molar-refractivity contribution in [3.05, 3.63) is 46.0 Å². The Labute approximate surface area is 132 Å². The number of rotatable bonds is 4. The third-order valence-electron chi connectivity index (χ3n) is 4.12. The molecule has 1 saturated heterocycles. The smallest absolute Gasteiger partial charge is 0.295 e. The summed E-state index contributed by atoms with van der Waals surface area (Å²) in [4.78, 5) is 12.7. The lowest BCUT2D eigenvalue weighted by Crippen LogP contribution is -2.23. The highest BCUT2D eigenvalue weighted by atomic mass is 19.1. The number of methoxy groups -OCH3 is 1. The minimum atomic E-state index is -0.736. The Morgan fingerprint density at radius 3 is 2.87 bits per heavy atom. The van der Waals surface area contributed by atoms with Crippen LogP contribution in [0.5, 0.6) is 5.75 Å². The topological polar surface area (TPSA) is 73.4 Å². The van der Waals surface area contributed by atoms with E-state index in [4.69, 9.17) is 4.74 Å². The Balaban J connectivity index is 2.07. The monoisotopic (exact) mass is 320 g/mol. The van der Waals surface area contributed by atoms with Gasteiger partial charge in [0.25, 0.3) is 5.69 Å². The van der Waals surface area contributed by atoms with Crippen LogP contribution in [0, 0.1) is 15.9 Å². The number of hydrogen-bond acceptors (Lipinski definition) is 5. The van der Waals surface area contributed by atoms with Crippen molar-refractivity contribution in [3.63, 3.8) is 0 Å². The summed E-state index contributed by atoms with van der Waals surface area (Å²) in [5, 5.41) is 15.5. The molecule has 2 heterocycles. The number of nitrogens with zero attached hydrogens (tertiary/aromatic N) is 4. The van der Waals surface area contributed by atoms with E-state index < -0.39 is 10.7 Å². The normalized spacial score (nSPS) is 17.5. The predicted molar refractivity (Wildman–Crippen MR) is 82.1 cm³/mol. The first-order valence-corrected chi connectivity index (χ1v) is 7.28. The van der Waals surface area contributed by atoms with Gasteiger partial charge in [-0.2, -0.15) is 5.10 Å². The summed E-state index contributed by atoms with van der Waals surface area (Å²) in [6.45, 7) is 0.662. The van der Waals surface area contributed by atoms with E-state index in [1.165, 1.54) is 13.2 Å². The minimum Gasteiger partial charge on any atom is -0.494 e. The van der Waals surface area contributed by atoms with Gasteiger partial charge in [-0.3, -0.25) is 14.8 Å². The lowest BCUT2D eigenvalue weighted by Gasteiger charge is -2.26. The third kappa shape index (κ3) is 2.71. The summed E-state index contributed by atoms with van der Waals surface area (Å²) >= 11 is 0. The van der Waals surface area contributed by atoms with Gasteiger partial charge in [0.2, 0.25) is 0 Å². The number of nitro benzene ring substituents is 1. The zero-order chi connectivity index (χ0) is 16.6. The van der Waals surface area contributed by atoms with Gasteiger partial charge in [-0.05, 0) is 12.8 Å². The maximum absolute atomic E-state index is 13.8. The van der Waals surface area contributed by atoms with Gasteiger partial charge in [-0.15, -0.1) is 0 Å². The van der Waals surface area contributed by atoms with E-state index in [1.54, 1.807) is 10.9 Å². The molecule has 0 saturated carbocycles. The van der Waals surface area contributed by atoms with Crippen LogP contribution in [0.4, 0.5) is 15.8 Å². The second-order valence-electron chi connectivity index (χ2n) is 5.53. The summed E-state index contributed by atoms with van der Waals surface area (Å²) in [5.41, 5.74) is 1.11. The molecule has 0 amide bonds. The number of halogens is 1. The van der Waals surface area contributed by atoms with Crippen LogP contribution in [-0.2, 0) is 7.05 Å². The molecule has 1 aromatic heterocycles. The average molecular weight is 320 g/mol. The number of aromatic nitrogens is 2. The van der Waals surface area contributed by atoms with Crippen molar-refractivity contribution in [2.24, 2.45) is 7.05 Å². The van der Waals surface area contributed by atoms with Gasteiger partial charge >= 0.3 is 0 Å². The van der Waals surface area contributed by atoms with Crippen LogP contribution in [0.3, 0.4) is 0 Å². The van der Waals surface area contributed by atoms with Crippen molar-refractivity contribution < 1.29 is 14.1 Å². The van der Waals surface area contributed by atoms with E-state index in [2.05, 4.69) is 5.10 Å². The number of benzene rings is 1. The fraction of sp³-hybridized carbons (Fsp3) is 0.400. The van der Waals surface area contributed by atoms with Crippen LogP contribution >= 0.6 is 0 Å². The lowest BCUT2D eigenvalue weighted by molar-refractivity contribution is -0.384. The summed E-state index contributed by atoms with van der Waals surface area (Å²) < 4.78 is 20.5. The molecule has 0 N–H and O–H groups in total. The lowest BCUT2D eigenvalue weighted by atomic mass is 10.1. The Bertz CT molecular complexity index is 746. The Kier molecular flexibility index (Phi) is 3.89. The molecule has 3 rings (SSSR count). The van der Waals surface area contributed by atoms with Crippen molar-refractivity contribution in [3.8, 4) is 5.75 Å². The second-order valence-corrected chi connectivity index (χ2v) is 5.53. The quantitative estimate of drug-likeness (QED) is 0.640. The van der Waals surface area contributed by atoms with Crippen LogP contribution < -0.4 is 9.64 Å². The van der Waals surface area contributed by atoms with Crippen molar-refractivity contribution in [2.75, 3.05) is 18.6 Å². The Hall–Kier alpha value is -2.64.